The summed E-state index contributed by atoms with van der Waals surface area (Å²) in [6, 6.07) is -0.818. The maximum Gasteiger partial charge on any atom is 0.312 e. The van der Waals surface area contributed by atoms with Crippen LogP contribution in [-0.2, 0) is 0 Å². The minimum absolute atomic E-state index is 0.818. The van der Waals surface area contributed by atoms with Gasteiger partial charge in [0.05, 0.1) is 5.92 Å². The Bertz CT molecular complexity index is 190. The molecule has 1 saturated carbocycles. The van der Waals surface area contributed by atoms with Gasteiger partial charge in [0, 0.05) is 6.04 Å². The molecule has 0 spiro atoms. The number of halogens is 4. The zero-order valence-electron chi connectivity index (χ0n) is 6.82. The van der Waals surface area contributed by atoms with Crippen molar-refractivity contribution < 1.29 is 17.6 Å². The average Bonchev–Trinajstić information content (AvgIpc) is 2.32. The maximum absolute atomic E-state index is 12.6. The molecule has 0 bridgehead atoms. The highest BCUT2D eigenvalue weighted by Crippen LogP contribution is 2.59. The van der Waals surface area contributed by atoms with Crippen LogP contribution < -0.4 is 5.73 Å². The van der Waals surface area contributed by atoms with Gasteiger partial charge in [-0.25, -0.2) is 8.78 Å². The molecule has 2 N–H and O–H groups in total. The Hall–Kier alpha value is -0.320. The summed E-state index contributed by atoms with van der Waals surface area (Å²) in [5.74, 6) is -5.33. The predicted octanol–water partition coefficient (Wildman–Crippen LogP) is 1.87. The van der Waals surface area contributed by atoms with E-state index in [0.29, 0.717) is 0 Å². The Morgan fingerprint density at radius 2 is 1.67 bits per heavy atom. The summed E-state index contributed by atoms with van der Waals surface area (Å²) in [5.41, 5.74) is 4.39. The number of nitrogens with two attached hydrogens (primary N) is 1. The van der Waals surface area contributed by atoms with Gasteiger partial charge in [0.2, 0.25) is 0 Å². The van der Waals surface area contributed by atoms with Crippen LogP contribution >= 0.6 is 0 Å². The van der Waals surface area contributed by atoms with Gasteiger partial charge >= 0.3 is 12.3 Å². The van der Waals surface area contributed by atoms with Crippen molar-refractivity contribution in [1.29, 1.82) is 0 Å². The largest absolute Gasteiger partial charge is 0.327 e. The van der Waals surface area contributed by atoms with E-state index in [0.717, 1.165) is 0 Å². The van der Waals surface area contributed by atoms with Gasteiger partial charge < -0.3 is 5.73 Å². The van der Waals surface area contributed by atoms with Gasteiger partial charge in [-0.15, -0.1) is 0 Å². The summed E-state index contributed by atoms with van der Waals surface area (Å²) in [7, 11) is 0. The summed E-state index contributed by atoms with van der Waals surface area (Å²) >= 11 is 0. The molecule has 12 heavy (non-hydrogen) atoms. The molecule has 1 fully saturated rings. The van der Waals surface area contributed by atoms with Gasteiger partial charge in [-0.1, -0.05) is 13.8 Å². The number of rotatable bonds is 2. The van der Waals surface area contributed by atoms with Crippen LogP contribution in [0, 0.1) is 11.3 Å². The molecule has 0 heterocycles. The minimum Gasteiger partial charge on any atom is -0.327 e. The third-order valence-electron chi connectivity index (χ3n) is 2.62. The predicted molar refractivity (Wildman–Crippen MR) is 36.2 cm³/mol. The summed E-state index contributed by atoms with van der Waals surface area (Å²) in [5, 5.41) is 0. The van der Waals surface area contributed by atoms with Crippen molar-refractivity contribution in [3.8, 4) is 0 Å². The van der Waals surface area contributed by atoms with Gasteiger partial charge in [0.15, 0.2) is 0 Å². The fourth-order valence-corrected chi connectivity index (χ4v) is 1.55. The molecular weight excluding hydrogens is 174 g/mol. The zero-order chi connectivity index (χ0) is 9.73. The topological polar surface area (TPSA) is 26.0 Å². The van der Waals surface area contributed by atoms with Crippen LogP contribution in [0.4, 0.5) is 17.6 Å². The zero-order valence-corrected chi connectivity index (χ0v) is 6.82. The third kappa shape index (κ3) is 1.11. The lowest BCUT2D eigenvalue weighted by atomic mass is 10.1. The second-order valence-electron chi connectivity index (χ2n) is 3.80. The number of hydrogen-bond donors (Lipinski definition) is 1. The molecule has 0 aliphatic heterocycles. The van der Waals surface area contributed by atoms with Gasteiger partial charge in [-0.2, -0.15) is 8.78 Å². The van der Waals surface area contributed by atoms with Crippen LogP contribution in [0.3, 0.4) is 0 Å². The molecule has 0 amide bonds. The fraction of sp³-hybridized carbons (Fsp3) is 1.00. The molecule has 5 heteroatoms. The van der Waals surface area contributed by atoms with E-state index in [2.05, 4.69) is 0 Å². The first-order chi connectivity index (χ1) is 5.22. The average molecular weight is 185 g/mol. The SMILES string of the molecule is CC1(C)[C@@H](C(F)(F)C(F)F)[C@@H]1N. The van der Waals surface area contributed by atoms with Crippen molar-refractivity contribution in [2.24, 2.45) is 17.1 Å². The molecule has 0 aromatic heterocycles. The Balaban J connectivity index is 2.74. The van der Waals surface area contributed by atoms with Crippen LogP contribution in [0.25, 0.3) is 0 Å². The highest BCUT2D eigenvalue weighted by molar-refractivity contribution is 5.15. The molecule has 72 valence electrons. The Morgan fingerprint density at radius 1 is 1.33 bits per heavy atom. The monoisotopic (exact) mass is 185 g/mol. The maximum atomic E-state index is 12.6. The normalized spacial score (nSPS) is 34.0. The summed E-state index contributed by atoms with van der Waals surface area (Å²) in [4.78, 5) is 0. The Morgan fingerprint density at radius 3 is 1.75 bits per heavy atom. The lowest BCUT2D eigenvalue weighted by molar-refractivity contribution is -0.149. The highest BCUT2D eigenvalue weighted by atomic mass is 19.3. The molecule has 0 unspecified atom stereocenters. The molecule has 0 aromatic carbocycles. The second kappa shape index (κ2) is 2.34. The molecule has 0 aromatic rings. The first kappa shape index (κ1) is 9.77. The van der Waals surface area contributed by atoms with Gasteiger partial charge in [-0.3, -0.25) is 0 Å². The van der Waals surface area contributed by atoms with Crippen molar-refractivity contribution in [2.45, 2.75) is 32.2 Å². The molecule has 0 saturated heterocycles. The van der Waals surface area contributed by atoms with Gasteiger partial charge in [-0.05, 0) is 5.41 Å². The van der Waals surface area contributed by atoms with Crippen LogP contribution in [-0.4, -0.2) is 18.4 Å². The lowest BCUT2D eigenvalue weighted by Gasteiger charge is -2.16. The van der Waals surface area contributed by atoms with Gasteiger partial charge in [0.25, 0.3) is 0 Å². The van der Waals surface area contributed by atoms with Crippen LogP contribution in [0.5, 0.6) is 0 Å². The Labute approximate surface area is 67.9 Å². The quantitative estimate of drug-likeness (QED) is 0.653. The van der Waals surface area contributed by atoms with Crippen LogP contribution in [0.1, 0.15) is 13.8 Å². The summed E-state index contributed by atoms with van der Waals surface area (Å²) in [6.07, 6.45) is -3.62. The Kier molecular flexibility index (Phi) is 1.90. The number of hydrogen-bond acceptors (Lipinski definition) is 1. The van der Waals surface area contributed by atoms with Crippen LogP contribution in [0.15, 0.2) is 0 Å². The van der Waals surface area contributed by atoms with E-state index in [1.807, 2.05) is 0 Å². The molecular formula is C7H11F4N. The van der Waals surface area contributed by atoms with Crippen molar-refractivity contribution in [3.63, 3.8) is 0 Å². The molecule has 1 nitrogen and oxygen atoms in total. The van der Waals surface area contributed by atoms with E-state index in [-0.39, 0.29) is 0 Å². The molecule has 0 radical (unpaired) electrons. The van der Waals surface area contributed by atoms with Crippen molar-refractivity contribution in [3.05, 3.63) is 0 Å². The fourth-order valence-electron chi connectivity index (χ4n) is 1.55. The number of alkyl halides is 4. The van der Waals surface area contributed by atoms with Crippen molar-refractivity contribution in [1.82, 2.24) is 0 Å². The van der Waals surface area contributed by atoms with Crippen molar-refractivity contribution >= 4 is 0 Å². The molecule has 1 aliphatic rings. The third-order valence-corrected chi connectivity index (χ3v) is 2.62. The minimum atomic E-state index is -3.94. The van der Waals surface area contributed by atoms with Gasteiger partial charge in [0.1, 0.15) is 0 Å². The van der Waals surface area contributed by atoms with E-state index in [9.17, 15) is 17.6 Å². The van der Waals surface area contributed by atoms with E-state index in [4.69, 9.17) is 5.73 Å². The van der Waals surface area contributed by atoms with Crippen LogP contribution in [0.2, 0.25) is 0 Å². The smallest absolute Gasteiger partial charge is 0.312 e. The molecule has 2 atom stereocenters. The molecule has 1 aliphatic carbocycles. The summed E-state index contributed by atoms with van der Waals surface area (Å²) in [6.45, 7) is 2.94. The first-order valence-electron chi connectivity index (χ1n) is 3.64. The van der Waals surface area contributed by atoms with E-state index >= 15 is 0 Å². The van der Waals surface area contributed by atoms with E-state index in [1.54, 1.807) is 0 Å². The standard InChI is InChI=1S/C7H11F4N/c1-6(2)3(4(6)12)7(10,11)5(8)9/h3-5H,12H2,1-2H3/t3-,4-/m0/s1. The lowest BCUT2D eigenvalue weighted by Crippen LogP contribution is -2.32. The summed E-state index contributed by atoms with van der Waals surface area (Å²) < 4.78 is 48.9. The highest BCUT2D eigenvalue weighted by Gasteiger charge is 2.70. The van der Waals surface area contributed by atoms with E-state index < -0.39 is 29.7 Å². The first-order valence-corrected chi connectivity index (χ1v) is 3.64. The van der Waals surface area contributed by atoms with E-state index in [1.165, 1.54) is 13.8 Å². The molecule has 1 rings (SSSR count). The second-order valence-corrected chi connectivity index (χ2v) is 3.80. The van der Waals surface area contributed by atoms with Crippen molar-refractivity contribution in [2.75, 3.05) is 0 Å².